The fourth-order valence-electron chi connectivity index (χ4n) is 0.744. The second-order valence-corrected chi connectivity index (χ2v) is 2.67. The minimum absolute atomic E-state index is 0.0825. The van der Waals surface area contributed by atoms with Gasteiger partial charge in [-0.05, 0) is 12.8 Å². The summed E-state index contributed by atoms with van der Waals surface area (Å²) in [5.41, 5.74) is 0. The average Bonchev–Trinajstić information content (AvgIpc) is 1.88. The first-order valence-corrected chi connectivity index (χ1v) is 3.77. The summed E-state index contributed by atoms with van der Waals surface area (Å²) in [7, 11) is 0. The highest BCUT2D eigenvalue weighted by Crippen LogP contribution is 2.14. The van der Waals surface area contributed by atoms with Crippen LogP contribution in [0.1, 0.15) is 20.8 Å². The molecular formula is C8H15O3. The molecule has 1 unspecified atom stereocenters. The first kappa shape index (κ1) is 10.4. The van der Waals surface area contributed by atoms with Gasteiger partial charge in [-0.1, -0.05) is 13.8 Å². The lowest BCUT2D eigenvalue weighted by Gasteiger charge is -2.15. The Morgan fingerprint density at radius 2 is 2.18 bits per heavy atom. The molecule has 1 radical (unpaired) electrons. The number of ether oxygens (including phenoxy) is 1. The van der Waals surface area contributed by atoms with Gasteiger partial charge < -0.3 is 9.84 Å². The summed E-state index contributed by atoms with van der Waals surface area (Å²) in [4.78, 5) is 11.0. The third-order valence-electron chi connectivity index (χ3n) is 1.44. The second-order valence-electron chi connectivity index (χ2n) is 2.67. The predicted molar refractivity (Wildman–Crippen MR) is 41.2 cm³/mol. The molecule has 0 saturated carbocycles. The summed E-state index contributed by atoms with van der Waals surface area (Å²) in [6, 6.07) is 0. The number of hydrogen-bond acceptors (Lipinski definition) is 3. The molecule has 3 heteroatoms. The van der Waals surface area contributed by atoms with E-state index in [1.165, 1.54) is 0 Å². The monoisotopic (exact) mass is 159 g/mol. The van der Waals surface area contributed by atoms with Gasteiger partial charge in [-0.2, -0.15) is 0 Å². The molecule has 1 atom stereocenters. The zero-order chi connectivity index (χ0) is 8.85. The molecule has 0 aromatic heterocycles. The molecule has 0 amide bonds. The van der Waals surface area contributed by atoms with E-state index in [1.54, 1.807) is 6.92 Å². The molecule has 0 saturated heterocycles. The van der Waals surface area contributed by atoms with Crippen LogP contribution in [-0.2, 0) is 9.53 Å². The fourth-order valence-corrected chi connectivity index (χ4v) is 0.744. The zero-order valence-electron chi connectivity index (χ0n) is 7.20. The van der Waals surface area contributed by atoms with E-state index in [2.05, 4.69) is 0 Å². The van der Waals surface area contributed by atoms with Crippen molar-refractivity contribution in [2.24, 2.45) is 11.8 Å². The van der Waals surface area contributed by atoms with Gasteiger partial charge >= 0.3 is 5.97 Å². The lowest BCUT2D eigenvalue weighted by Crippen LogP contribution is -2.23. The summed E-state index contributed by atoms with van der Waals surface area (Å²) in [6.45, 7) is 6.70. The molecule has 0 aromatic carbocycles. The Hall–Kier alpha value is -0.570. The Morgan fingerprint density at radius 3 is 2.45 bits per heavy atom. The van der Waals surface area contributed by atoms with Crippen LogP contribution < -0.4 is 0 Å². The molecule has 0 aliphatic carbocycles. The molecule has 1 N–H and O–H groups in total. The van der Waals surface area contributed by atoms with Crippen molar-refractivity contribution in [3.05, 3.63) is 6.61 Å². The highest BCUT2D eigenvalue weighted by molar-refractivity contribution is 5.73. The Labute approximate surface area is 67.4 Å². The van der Waals surface area contributed by atoms with Crippen LogP contribution in [0.2, 0.25) is 0 Å². The number of aliphatic hydroxyl groups is 1. The third kappa shape index (κ3) is 3.37. The largest absolute Gasteiger partial charge is 0.466 e. The molecule has 0 bridgehead atoms. The van der Waals surface area contributed by atoms with E-state index in [1.807, 2.05) is 13.8 Å². The van der Waals surface area contributed by atoms with Gasteiger partial charge in [0.15, 0.2) is 0 Å². The van der Waals surface area contributed by atoms with Gasteiger partial charge in [0.2, 0.25) is 0 Å². The van der Waals surface area contributed by atoms with Gasteiger partial charge in [0.05, 0.1) is 19.1 Å². The maximum atomic E-state index is 11.0. The third-order valence-corrected chi connectivity index (χ3v) is 1.44. The van der Waals surface area contributed by atoms with Crippen molar-refractivity contribution in [2.75, 3.05) is 6.61 Å². The maximum Gasteiger partial charge on any atom is 0.311 e. The topological polar surface area (TPSA) is 46.5 Å². The molecule has 0 spiro atoms. The predicted octanol–water partition coefficient (Wildman–Crippen LogP) is 1.36. The van der Waals surface area contributed by atoms with Crippen molar-refractivity contribution in [1.82, 2.24) is 0 Å². The fraction of sp³-hybridized carbons (Fsp3) is 0.750. The maximum absolute atomic E-state index is 11.0. The molecule has 11 heavy (non-hydrogen) atoms. The van der Waals surface area contributed by atoms with Crippen molar-refractivity contribution in [3.63, 3.8) is 0 Å². The number of rotatable bonds is 4. The Morgan fingerprint density at radius 1 is 1.64 bits per heavy atom. The normalized spacial score (nSPS) is 13.2. The molecule has 3 nitrogen and oxygen atoms in total. The molecule has 0 aliphatic heterocycles. The first-order chi connectivity index (χ1) is 5.13. The van der Waals surface area contributed by atoms with Crippen molar-refractivity contribution >= 4 is 5.97 Å². The van der Waals surface area contributed by atoms with Crippen LogP contribution >= 0.6 is 0 Å². The Balaban J connectivity index is 3.92. The van der Waals surface area contributed by atoms with Crippen LogP contribution in [-0.4, -0.2) is 17.7 Å². The van der Waals surface area contributed by atoms with Crippen molar-refractivity contribution in [1.29, 1.82) is 0 Å². The first-order valence-electron chi connectivity index (χ1n) is 3.77. The summed E-state index contributed by atoms with van der Waals surface area (Å²) in [5, 5.41) is 8.67. The van der Waals surface area contributed by atoms with Crippen LogP contribution in [0.5, 0.6) is 0 Å². The number of aliphatic hydroxyl groups excluding tert-OH is 1. The van der Waals surface area contributed by atoms with Crippen LogP contribution in [0.4, 0.5) is 0 Å². The van der Waals surface area contributed by atoms with Crippen molar-refractivity contribution in [2.45, 2.75) is 20.8 Å². The van der Waals surface area contributed by atoms with Gasteiger partial charge in [-0.15, -0.1) is 0 Å². The van der Waals surface area contributed by atoms with E-state index in [9.17, 15) is 4.79 Å². The summed E-state index contributed by atoms with van der Waals surface area (Å²) in [6.07, 6.45) is 0. The molecule has 0 aromatic rings. The summed E-state index contributed by atoms with van der Waals surface area (Å²) >= 11 is 0. The molecule has 0 heterocycles. The Kier molecular flexibility index (Phi) is 4.86. The molecule has 65 valence electrons. The van der Waals surface area contributed by atoms with Crippen molar-refractivity contribution < 1.29 is 14.6 Å². The van der Waals surface area contributed by atoms with Crippen LogP contribution in [0, 0.1) is 18.4 Å². The lowest BCUT2D eigenvalue weighted by molar-refractivity contribution is -0.149. The zero-order valence-corrected chi connectivity index (χ0v) is 7.20. The summed E-state index contributed by atoms with van der Waals surface area (Å²) in [5.74, 6) is -0.765. The standard InChI is InChI=1S/C8H15O3/c1-4-11-8(10)7(5-9)6(2)3/h5-7,9H,4H2,1-3H3. The number of esters is 1. The van der Waals surface area contributed by atoms with E-state index in [4.69, 9.17) is 9.84 Å². The van der Waals surface area contributed by atoms with Gasteiger partial charge in [0, 0.05) is 0 Å². The van der Waals surface area contributed by atoms with Gasteiger partial charge in [-0.25, -0.2) is 0 Å². The van der Waals surface area contributed by atoms with Crippen LogP contribution in [0.15, 0.2) is 0 Å². The van der Waals surface area contributed by atoms with E-state index in [0.717, 1.165) is 6.61 Å². The van der Waals surface area contributed by atoms with E-state index in [-0.39, 0.29) is 11.9 Å². The number of carbonyl (C=O) groups is 1. The Bertz CT molecular complexity index is 121. The summed E-state index contributed by atoms with van der Waals surface area (Å²) < 4.78 is 4.73. The van der Waals surface area contributed by atoms with Gasteiger partial charge in [-0.3, -0.25) is 4.79 Å². The van der Waals surface area contributed by atoms with Gasteiger partial charge in [0.1, 0.15) is 0 Å². The van der Waals surface area contributed by atoms with E-state index >= 15 is 0 Å². The second kappa shape index (κ2) is 5.13. The minimum Gasteiger partial charge on any atom is -0.466 e. The SMILES string of the molecule is CCOC(=O)C([CH]O)C(C)C. The molecule has 0 rings (SSSR count). The average molecular weight is 159 g/mol. The quantitative estimate of drug-likeness (QED) is 0.630. The molecule has 0 fully saturated rings. The smallest absolute Gasteiger partial charge is 0.311 e. The van der Waals surface area contributed by atoms with Gasteiger partial charge in [0.25, 0.3) is 0 Å². The van der Waals surface area contributed by atoms with E-state index < -0.39 is 5.92 Å². The van der Waals surface area contributed by atoms with Crippen molar-refractivity contribution in [3.8, 4) is 0 Å². The highest BCUT2D eigenvalue weighted by atomic mass is 16.5. The lowest BCUT2D eigenvalue weighted by atomic mass is 9.97. The minimum atomic E-state index is -0.491. The molecular weight excluding hydrogens is 144 g/mol. The number of carbonyl (C=O) groups excluding carboxylic acids is 1. The van der Waals surface area contributed by atoms with E-state index in [0.29, 0.717) is 6.61 Å². The highest BCUT2D eigenvalue weighted by Gasteiger charge is 2.22. The molecule has 0 aliphatic rings. The van der Waals surface area contributed by atoms with Crippen LogP contribution in [0.25, 0.3) is 0 Å². The van der Waals surface area contributed by atoms with Crippen LogP contribution in [0.3, 0.4) is 0 Å². The number of hydrogen-bond donors (Lipinski definition) is 1.